The van der Waals surface area contributed by atoms with E-state index in [2.05, 4.69) is 5.32 Å². The molecular formula is C7H9FN4O3. The van der Waals surface area contributed by atoms with Gasteiger partial charge in [0.2, 0.25) is 5.82 Å². The third-order valence-corrected chi connectivity index (χ3v) is 1.54. The van der Waals surface area contributed by atoms with E-state index in [0.29, 0.717) is 10.8 Å². The van der Waals surface area contributed by atoms with Crippen LogP contribution in [0.5, 0.6) is 0 Å². The predicted molar refractivity (Wildman–Crippen MR) is 49.1 cm³/mol. The molecule has 8 heteroatoms. The van der Waals surface area contributed by atoms with Gasteiger partial charge in [0.1, 0.15) is 0 Å². The van der Waals surface area contributed by atoms with Gasteiger partial charge in [-0.15, -0.1) is 0 Å². The summed E-state index contributed by atoms with van der Waals surface area (Å²) in [6, 6.07) is -0.847. The summed E-state index contributed by atoms with van der Waals surface area (Å²) in [4.78, 5) is 34.5. The van der Waals surface area contributed by atoms with Crippen LogP contribution in [0, 0.1) is 5.82 Å². The Kier molecular flexibility index (Phi) is 3.34. The molecule has 0 saturated heterocycles. The van der Waals surface area contributed by atoms with E-state index in [4.69, 9.17) is 5.73 Å². The number of H-pyrrole nitrogens is 1. The Balaban J connectivity index is 3.05. The minimum atomic E-state index is -1.21. The minimum absolute atomic E-state index is 0.145. The normalized spacial score (nSPS) is 10.0. The highest BCUT2D eigenvalue weighted by Gasteiger charge is 2.09. The lowest BCUT2D eigenvalue weighted by Gasteiger charge is -2.04. The lowest BCUT2D eigenvalue weighted by Crippen LogP contribution is -2.42. The number of hydrogen-bond acceptors (Lipinski definition) is 4. The second kappa shape index (κ2) is 4.51. The zero-order chi connectivity index (χ0) is 11.4. The summed E-state index contributed by atoms with van der Waals surface area (Å²) < 4.78 is 13.2. The Hall–Kier alpha value is -1.96. The lowest BCUT2D eigenvalue weighted by atomic mass is 10.6. The molecule has 0 radical (unpaired) electrons. The summed E-state index contributed by atoms with van der Waals surface area (Å²) in [6.45, 7) is 0.332. The van der Waals surface area contributed by atoms with Gasteiger partial charge in [-0.3, -0.25) is 9.78 Å². The van der Waals surface area contributed by atoms with E-state index in [1.54, 1.807) is 4.98 Å². The average Bonchev–Trinajstić information content (AvgIpc) is 2.20. The van der Waals surface area contributed by atoms with Crippen molar-refractivity contribution in [3.05, 3.63) is 32.9 Å². The third-order valence-electron chi connectivity index (χ3n) is 1.54. The molecule has 1 aromatic rings. The maximum absolute atomic E-state index is 12.7. The van der Waals surface area contributed by atoms with Crippen molar-refractivity contribution in [2.45, 2.75) is 0 Å². The highest BCUT2D eigenvalue weighted by molar-refractivity contribution is 5.76. The summed E-state index contributed by atoms with van der Waals surface area (Å²) in [7, 11) is 0. The maximum Gasteiger partial charge on any atom is 0.336 e. The van der Waals surface area contributed by atoms with Gasteiger partial charge in [0.05, 0.1) is 6.20 Å². The van der Waals surface area contributed by atoms with Crippen LogP contribution in [0.15, 0.2) is 15.8 Å². The van der Waals surface area contributed by atoms with E-state index in [0.717, 1.165) is 0 Å². The first-order valence-corrected chi connectivity index (χ1v) is 4.06. The fourth-order valence-corrected chi connectivity index (χ4v) is 0.863. The number of nitrogens with two attached hydrogens (primary N) is 1. The Labute approximate surface area is 82.7 Å². The van der Waals surface area contributed by atoms with Gasteiger partial charge in [-0.2, -0.15) is 4.39 Å². The largest absolute Gasteiger partial charge is 0.336 e. The van der Waals surface area contributed by atoms with E-state index >= 15 is 0 Å². The molecule has 0 fully saturated rings. The summed E-state index contributed by atoms with van der Waals surface area (Å²) in [5.74, 6) is -1.21. The molecule has 1 rings (SSSR count). The molecule has 0 aliphatic heterocycles. The first-order chi connectivity index (χ1) is 7.06. The molecule has 4 N–H and O–H groups in total. The summed E-state index contributed by atoms with van der Waals surface area (Å²) in [6.07, 6.45) is 0.521. The molecule has 82 valence electrons. The molecule has 0 bridgehead atoms. The van der Waals surface area contributed by atoms with E-state index in [1.165, 1.54) is 0 Å². The van der Waals surface area contributed by atoms with Crippen LogP contribution in [0.1, 0.15) is 0 Å². The van der Waals surface area contributed by atoms with Crippen molar-refractivity contribution in [2.24, 2.45) is 5.73 Å². The van der Waals surface area contributed by atoms with Crippen LogP contribution in [0.3, 0.4) is 0 Å². The number of hydrogen-bond donors (Lipinski definition) is 3. The maximum atomic E-state index is 12.7. The highest BCUT2D eigenvalue weighted by Crippen LogP contribution is 1.83. The monoisotopic (exact) mass is 216 g/mol. The number of nitrogens with zero attached hydrogens (tertiary/aromatic N) is 1. The number of amides is 1. The van der Waals surface area contributed by atoms with Crippen molar-refractivity contribution in [1.82, 2.24) is 14.9 Å². The SMILES string of the molecule is NCCNC(=O)n1cc(F)c(=O)[nH]c1=O. The Morgan fingerprint density at radius 2 is 2.27 bits per heavy atom. The standard InChI is InChI=1S/C7H9FN4O3/c8-4-3-12(6(14)10-2-1-9)7(15)11-5(4)13/h3H,1-2,9H2,(H,10,14)(H,11,13,15). The molecule has 0 aromatic carbocycles. The minimum Gasteiger partial charge on any atom is -0.336 e. The van der Waals surface area contributed by atoms with Crippen LogP contribution in [0.4, 0.5) is 9.18 Å². The fraction of sp³-hybridized carbons (Fsp3) is 0.286. The highest BCUT2D eigenvalue weighted by atomic mass is 19.1. The zero-order valence-electron chi connectivity index (χ0n) is 7.62. The van der Waals surface area contributed by atoms with Gasteiger partial charge in [-0.1, -0.05) is 0 Å². The summed E-state index contributed by atoms with van der Waals surface area (Å²) in [5, 5.41) is 2.25. The number of rotatable bonds is 2. The number of nitrogens with one attached hydrogen (secondary N) is 2. The Morgan fingerprint density at radius 1 is 1.60 bits per heavy atom. The first kappa shape index (κ1) is 11.1. The molecule has 0 spiro atoms. The van der Waals surface area contributed by atoms with Gasteiger partial charge < -0.3 is 11.1 Å². The molecule has 0 aliphatic rings. The first-order valence-electron chi connectivity index (χ1n) is 4.06. The summed E-state index contributed by atoms with van der Waals surface area (Å²) >= 11 is 0. The van der Waals surface area contributed by atoms with Crippen LogP contribution in [0.2, 0.25) is 0 Å². The molecule has 1 amide bonds. The molecule has 1 aromatic heterocycles. The number of carbonyl (C=O) groups excluding carboxylic acids is 1. The van der Waals surface area contributed by atoms with E-state index < -0.39 is 23.1 Å². The molecule has 15 heavy (non-hydrogen) atoms. The molecule has 7 nitrogen and oxygen atoms in total. The van der Waals surface area contributed by atoms with E-state index in [9.17, 15) is 18.8 Å². The second-order valence-corrected chi connectivity index (χ2v) is 2.63. The molecule has 0 saturated carbocycles. The van der Waals surface area contributed by atoms with Crippen LogP contribution < -0.4 is 22.3 Å². The molecule has 0 atom stereocenters. The quantitative estimate of drug-likeness (QED) is 0.541. The topological polar surface area (TPSA) is 110 Å². The van der Waals surface area contributed by atoms with E-state index in [1.807, 2.05) is 0 Å². The Morgan fingerprint density at radius 3 is 2.87 bits per heavy atom. The zero-order valence-corrected chi connectivity index (χ0v) is 7.62. The van der Waals surface area contributed by atoms with Gasteiger partial charge in [0, 0.05) is 13.1 Å². The number of aromatic nitrogens is 2. The number of carbonyl (C=O) groups is 1. The molecule has 1 heterocycles. The Bertz CT molecular complexity index is 478. The molecule has 0 unspecified atom stereocenters. The van der Waals surface area contributed by atoms with Crippen molar-refractivity contribution in [3.63, 3.8) is 0 Å². The van der Waals surface area contributed by atoms with Crippen molar-refractivity contribution in [2.75, 3.05) is 13.1 Å². The third kappa shape index (κ3) is 2.50. The van der Waals surface area contributed by atoms with Gasteiger partial charge >= 0.3 is 11.7 Å². The van der Waals surface area contributed by atoms with Gasteiger partial charge in [0.15, 0.2) is 0 Å². The lowest BCUT2D eigenvalue weighted by molar-refractivity contribution is 0.241. The van der Waals surface area contributed by atoms with Crippen molar-refractivity contribution in [3.8, 4) is 0 Å². The molecular weight excluding hydrogens is 207 g/mol. The average molecular weight is 216 g/mol. The number of aromatic amines is 1. The van der Waals surface area contributed by atoms with Crippen molar-refractivity contribution >= 4 is 6.03 Å². The van der Waals surface area contributed by atoms with Gasteiger partial charge in [-0.25, -0.2) is 14.2 Å². The fourth-order valence-electron chi connectivity index (χ4n) is 0.863. The van der Waals surface area contributed by atoms with Crippen LogP contribution in [-0.4, -0.2) is 28.7 Å². The molecule has 0 aliphatic carbocycles. The van der Waals surface area contributed by atoms with Gasteiger partial charge in [-0.05, 0) is 0 Å². The van der Waals surface area contributed by atoms with E-state index in [-0.39, 0.29) is 13.1 Å². The van der Waals surface area contributed by atoms with Crippen molar-refractivity contribution < 1.29 is 9.18 Å². The summed E-state index contributed by atoms with van der Waals surface area (Å²) in [5.41, 5.74) is 2.95. The van der Waals surface area contributed by atoms with Crippen molar-refractivity contribution in [1.29, 1.82) is 0 Å². The van der Waals surface area contributed by atoms with Crippen LogP contribution >= 0.6 is 0 Å². The number of halogens is 1. The van der Waals surface area contributed by atoms with Gasteiger partial charge in [0.25, 0.3) is 5.56 Å². The second-order valence-electron chi connectivity index (χ2n) is 2.63. The van der Waals surface area contributed by atoms with Crippen LogP contribution in [0.25, 0.3) is 0 Å². The van der Waals surface area contributed by atoms with Crippen LogP contribution in [-0.2, 0) is 0 Å². The smallest absolute Gasteiger partial charge is 0.336 e. The predicted octanol–water partition coefficient (Wildman–Crippen LogP) is -1.81.